The van der Waals surface area contributed by atoms with E-state index in [0.29, 0.717) is 18.7 Å². The average molecular weight is 359 g/mol. The molecule has 0 aliphatic rings. The van der Waals surface area contributed by atoms with Gasteiger partial charge in [0.05, 0.1) is 29.7 Å². The monoisotopic (exact) mass is 359 g/mol. The molecular formula is C19H16F3N3O. The van der Waals surface area contributed by atoms with Crippen LogP contribution in [0.4, 0.5) is 18.9 Å². The summed E-state index contributed by atoms with van der Waals surface area (Å²) in [4.78, 5) is 12.5. The lowest BCUT2D eigenvalue weighted by atomic mass is 10.1. The quantitative estimate of drug-likeness (QED) is 0.695. The third-order valence-electron chi connectivity index (χ3n) is 3.99. The summed E-state index contributed by atoms with van der Waals surface area (Å²) in [5, 5.41) is 6.50. The van der Waals surface area contributed by atoms with Gasteiger partial charge in [-0.2, -0.15) is 5.10 Å². The summed E-state index contributed by atoms with van der Waals surface area (Å²) in [6.07, 6.45) is 1.91. The van der Waals surface area contributed by atoms with Crippen molar-refractivity contribution in [2.24, 2.45) is 0 Å². The van der Waals surface area contributed by atoms with Gasteiger partial charge >= 0.3 is 0 Å². The first-order chi connectivity index (χ1) is 12.5. The SMILES string of the molecule is CCc1c(C(=O)Nc2ccc(F)c(F)c2F)cnn1Cc1ccccc1. The molecule has 3 rings (SSSR count). The first-order valence-electron chi connectivity index (χ1n) is 8.04. The van der Waals surface area contributed by atoms with Crippen molar-refractivity contribution in [2.45, 2.75) is 19.9 Å². The molecule has 0 radical (unpaired) electrons. The molecule has 0 atom stereocenters. The van der Waals surface area contributed by atoms with Crippen molar-refractivity contribution in [2.75, 3.05) is 5.32 Å². The molecule has 1 amide bonds. The number of anilines is 1. The smallest absolute Gasteiger partial charge is 0.259 e. The highest BCUT2D eigenvalue weighted by Crippen LogP contribution is 2.21. The van der Waals surface area contributed by atoms with Gasteiger partial charge in [-0.05, 0) is 24.1 Å². The van der Waals surface area contributed by atoms with E-state index in [9.17, 15) is 18.0 Å². The van der Waals surface area contributed by atoms with Gasteiger partial charge in [-0.1, -0.05) is 37.3 Å². The van der Waals surface area contributed by atoms with Crippen molar-refractivity contribution < 1.29 is 18.0 Å². The number of hydrogen-bond donors (Lipinski definition) is 1. The minimum absolute atomic E-state index is 0.257. The van der Waals surface area contributed by atoms with E-state index in [0.717, 1.165) is 17.7 Å². The van der Waals surface area contributed by atoms with Crippen LogP contribution in [0.2, 0.25) is 0 Å². The van der Waals surface area contributed by atoms with E-state index in [4.69, 9.17) is 0 Å². The number of nitrogens with zero attached hydrogens (tertiary/aromatic N) is 2. The fraction of sp³-hybridized carbons (Fsp3) is 0.158. The van der Waals surface area contributed by atoms with Gasteiger partial charge in [0.25, 0.3) is 5.91 Å². The largest absolute Gasteiger partial charge is 0.319 e. The normalized spacial score (nSPS) is 10.8. The molecule has 7 heteroatoms. The average Bonchev–Trinajstić information content (AvgIpc) is 3.05. The van der Waals surface area contributed by atoms with Crippen LogP contribution in [0.1, 0.15) is 28.5 Å². The Hall–Kier alpha value is -3.09. The molecule has 4 nitrogen and oxygen atoms in total. The standard InChI is InChI=1S/C19H16F3N3O/c1-2-16-13(10-23-25(16)11-12-6-4-3-5-7-12)19(26)24-15-9-8-14(20)17(21)18(15)22/h3-10H,2,11H2,1H3,(H,24,26). The molecule has 1 N–H and O–H groups in total. The molecule has 1 aromatic heterocycles. The second kappa shape index (κ2) is 7.43. The molecule has 3 aromatic rings. The Morgan fingerprint density at radius 3 is 2.50 bits per heavy atom. The van der Waals surface area contributed by atoms with Crippen LogP contribution in [-0.2, 0) is 13.0 Å². The van der Waals surface area contributed by atoms with Gasteiger partial charge < -0.3 is 5.32 Å². The molecule has 26 heavy (non-hydrogen) atoms. The highest BCUT2D eigenvalue weighted by Gasteiger charge is 2.20. The van der Waals surface area contributed by atoms with Crippen LogP contribution in [-0.4, -0.2) is 15.7 Å². The summed E-state index contributed by atoms with van der Waals surface area (Å²) in [6, 6.07) is 11.3. The van der Waals surface area contributed by atoms with Gasteiger partial charge in [0, 0.05) is 0 Å². The number of carbonyl (C=O) groups excluding carboxylic acids is 1. The Morgan fingerprint density at radius 2 is 1.81 bits per heavy atom. The van der Waals surface area contributed by atoms with Crippen molar-refractivity contribution in [3.63, 3.8) is 0 Å². The van der Waals surface area contributed by atoms with Crippen LogP contribution in [0.25, 0.3) is 0 Å². The summed E-state index contributed by atoms with van der Waals surface area (Å²) in [5.74, 6) is -5.01. The molecule has 0 spiro atoms. The summed E-state index contributed by atoms with van der Waals surface area (Å²) in [7, 11) is 0. The number of rotatable bonds is 5. The predicted molar refractivity (Wildman–Crippen MR) is 91.4 cm³/mol. The number of carbonyl (C=O) groups is 1. The van der Waals surface area contributed by atoms with Crippen LogP contribution >= 0.6 is 0 Å². The first kappa shape index (κ1) is 17.7. The van der Waals surface area contributed by atoms with E-state index in [2.05, 4.69) is 10.4 Å². The number of benzene rings is 2. The van der Waals surface area contributed by atoms with Crippen molar-refractivity contribution in [1.29, 1.82) is 0 Å². The first-order valence-corrected chi connectivity index (χ1v) is 8.04. The molecule has 0 aliphatic heterocycles. The minimum Gasteiger partial charge on any atom is -0.319 e. The molecular weight excluding hydrogens is 343 g/mol. The maximum atomic E-state index is 13.8. The van der Waals surface area contributed by atoms with Gasteiger partial charge in [0.1, 0.15) is 0 Å². The molecule has 1 heterocycles. The molecule has 2 aromatic carbocycles. The lowest BCUT2D eigenvalue weighted by Gasteiger charge is -2.09. The molecule has 0 saturated heterocycles. The number of halogens is 3. The number of amides is 1. The third-order valence-corrected chi connectivity index (χ3v) is 3.99. The van der Waals surface area contributed by atoms with E-state index in [1.165, 1.54) is 6.20 Å². The lowest BCUT2D eigenvalue weighted by Crippen LogP contribution is -2.16. The Balaban J connectivity index is 1.85. The molecule has 0 aliphatic carbocycles. The lowest BCUT2D eigenvalue weighted by molar-refractivity contribution is 0.102. The Morgan fingerprint density at radius 1 is 1.08 bits per heavy atom. The fourth-order valence-corrected chi connectivity index (χ4v) is 2.68. The third kappa shape index (κ3) is 3.46. The van der Waals surface area contributed by atoms with Crippen LogP contribution in [0.15, 0.2) is 48.7 Å². The molecule has 0 fully saturated rings. The van der Waals surface area contributed by atoms with Crippen LogP contribution in [0.3, 0.4) is 0 Å². The maximum absolute atomic E-state index is 13.8. The predicted octanol–water partition coefficient (Wildman–Crippen LogP) is 4.16. The van der Waals surface area contributed by atoms with Gasteiger partial charge in [0.2, 0.25) is 0 Å². The van der Waals surface area contributed by atoms with E-state index < -0.39 is 29.0 Å². The molecule has 0 saturated carbocycles. The van der Waals surface area contributed by atoms with Crippen LogP contribution in [0.5, 0.6) is 0 Å². The van der Waals surface area contributed by atoms with E-state index >= 15 is 0 Å². The second-order valence-electron chi connectivity index (χ2n) is 5.68. The van der Waals surface area contributed by atoms with E-state index in [1.54, 1.807) is 4.68 Å². The zero-order valence-corrected chi connectivity index (χ0v) is 14.0. The zero-order valence-electron chi connectivity index (χ0n) is 14.0. The maximum Gasteiger partial charge on any atom is 0.259 e. The van der Waals surface area contributed by atoms with Crippen molar-refractivity contribution in [3.05, 3.63) is 82.9 Å². The van der Waals surface area contributed by atoms with Crippen molar-refractivity contribution in [1.82, 2.24) is 9.78 Å². The Kier molecular flexibility index (Phi) is 5.06. The number of aromatic nitrogens is 2. The number of hydrogen-bond acceptors (Lipinski definition) is 2. The summed E-state index contributed by atoms with van der Waals surface area (Å²) >= 11 is 0. The molecule has 0 unspecified atom stereocenters. The number of nitrogens with one attached hydrogen (secondary N) is 1. The Labute approximate surface area is 148 Å². The highest BCUT2D eigenvalue weighted by atomic mass is 19.2. The van der Waals surface area contributed by atoms with Crippen molar-refractivity contribution in [3.8, 4) is 0 Å². The Bertz CT molecular complexity index is 939. The van der Waals surface area contributed by atoms with Crippen LogP contribution in [0, 0.1) is 17.5 Å². The van der Waals surface area contributed by atoms with Gasteiger partial charge in [-0.15, -0.1) is 0 Å². The summed E-state index contributed by atoms with van der Waals surface area (Å²) in [6.45, 7) is 2.35. The van der Waals surface area contributed by atoms with Crippen LogP contribution < -0.4 is 5.32 Å². The van der Waals surface area contributed by atoms with Gasteiger partial charge in [-0.25, -0.2) is 13.2 Å². The van der Waals surface area contributed by atoms with E-state index in [-0.39, 0.29) is 5.56 Å². The topological polar surface area (TPSA) is 46.9 Å². The zero-order chi connectivity index (χ0) is 18.7. The second-order valence-corrected chi connectivity index (χ2v) is 5.68. The summed E-state index contributed by atoms with van der Waals surface area (Å²) < 4.78 is 41.8. The fourth-order valence-electron chi connectivity index (χ4n) is 2.68. The highest BCUT2D eigenvalue weighted by molar-refractivity contribution is 6.05. The minimum atomic E-state index is -1.63. The van der Waals surface area contributed by atoms with Crippen molar-refractivity contribution >= 4 is 11.6 Å². The van der Waals surface area contributed by atoms with Gasteiger partial charge in [-0.3, -0.25) is 9.48 Å². The molecule has 0 bridgehead atoms. The summed E-state index contributed by atoms with van der Waals surface area (Å²) in [5.41, 5.74) is 1.51. The molecule has 134 valence electrons. The van der Waals surface area contributed by atoms with Gasteiger partial charge in [0.15, 0.2) is 17.5 Å². The van der Waals surface area contributed by atoms with E-state index in [1.807, 2.05) is 37.3 Å².